The van der Waals surface area contributed by atoms with Crippen LogP contribution in [0, 0.1) is 0 Å². The third-order valence-corrected chi connectivity index (χ3v) is 2.76. The van der Waals surface area contributed by atoms with Crippen molar-refractivity contribution < 1.29 is 9.84 Å². The molecule has 1 unspecified atom stereocenters. The van der Waals surface area contributed by atoms with Crippen molar-refractivity contribution in [3.63, 3.8) is 0 Å². The first-order chi connectivity index (χ1) is 6.10. The molecular formula is C10H21NO2. The van der Waals surface area contributed by atoms with E-state index in [2.05, 4.69) is 25.7 Å². The maximum atomic E-state index is 9.37. The Kier molecular flexibility index (Phi) is 3.71. The zero-order chi connectivity index (χ0) is 9.90. The summed E-state index contributed by atoms with van der Waals surface area (Å²) in [6.07, 6.45) is 1.06. The van der Waals surface area contributed by atoms with Gasteiger partial charge in [-0.15, -0.1) is 0 Å². The third kappa shape index (κ3) is 2.42. The second kappa shape index (κ2) is 4.40. The second-order valence-electron chi connectivity index (χ2n) is 4.35. The highest BCUT2D eigenvalue weighted by atomic mass is 16.5. The molecule has 1 rings (SSSR count). The van der Waals surface area contributed by atoms with Gasteiger partial charge in [0.05, 0.1) is 18.8 Å². The minimum absolute atomic E-state index is 0.172. The number of ether oxygens (including phenoxy) is 1. The molecule has 1 fully saturated rings. The fourth-order valence-electron chi connectivity index (χ4n) is 2.00. The molecule has 1 heterocycles. The lowest BCUT2D eigenvalue weighted by atomic mass is 10.0. The van der Waals surface area contributed by atoms with Crippen molar-refractivity contribution in [1.29, 1.82) is 0 Å². The minimum atomic E-state index is -0.190. The van der Waals surface area contributed by atoms with Crippen LogP contribution in [0.15, 0.2) is 0 Å². The summed E-state index contributed by atoms with van der Waals surface area (Å²) in [6, 6.07) is 0.471. The van der Waals surface area contributed by atoms with Gasteiger partial charge in [-0.1, -0.05) is 0 Å². The van der Waals surface area contributed by atoms with E-state index in [4.69, 9.17) is 4.74 Å². The molecule has 1 aliphatic heterocycles. The Hall–Kier alpha value is -0.120. The molecule has 0 radical (unpaired) electrons. The predicted octanol–water partition coefficient (Wildman–Crippen LogP) is 0.868. The molecule has 1 aliphatic rings. The first-order valence-corrected chi connectivity index (χ1v) is 5.05. The Bertz CT molecular complexity index is 161. The van der Waals surface area contributed by atoms with Gasteiger partial charge in [0.15, 0.2) is 0 Å². The molecular weight excluding hydrogens is 166 g/mol. The number of aliphatic hydroxyl groups excluding tert-OH is 1. The van der Waals surface area contributed by atoms with Crippen molar-refractivity contribution >= 4 is 0 Å². The molecule has 1 atom stereocenters. The van der Waals surface area contributed by atoms with Crippen LogP contribution in [0.3, 0.4) is 0 Å². The van der Waals surface area contributed by atoms with Crippen molar-refractivity contribution in [3.8, 4) is 0 Å². The second-order valence-corrected chi connectivity index (χ2v) is 4.35. The zero-order valence-electron chi connectivity index (χ0n) is 8.92. The molecule has 0 aromatic rings. The van der Waals surface area contributed by atoms with Crippen LogP contribution in [0.1, 0.15) is 27.2 Å². The largest absolute Gasteiger partial charge is 0.394 e. The Labute approximate surface area is 80.7 Å². The summed E-state index contributed by atoms with van der Waals surface area (Å²) in [4.78, 5) is 2.33. The molecule has 13 heavy (non-hydrogen) atoms. The van der Waals surface area contributed by atoms with E-state index in [-0.39, 0.29) is 12.1 Å². The fraction of sp³-hybridized carbons (Fsp3) is 1.00. The van der Waals surface area contributed by atoms with Gasteiger partial charge in [0.2, 0.25) is 0 Å². The lowest BCUT2D eigenvalue weighted by Crippen LogP contribution is -2.54. The molecule has 1 saturated heterocycles. The average Bonchev–Trinajstić information content (AvgIpc) is 2.27. The van der Waals surface area contributed by atoms with E-state index >= 15 is 0 Å². The quantitative estimate of drug-likeness (QED) is 0.696. The van der Waals surface area contributed by atoms with Crippen molar-refractivity contribution in [1.82, 2.24) is 4.90 Å². The Morgan fingerprint density at radius 3 is 2.77 bits per heavy atom. The number of hydrogen-bond acceptors (Lipinski definition) is 3. The molecule has 0 spiro atoms. The smallest absolute Gasteiger partial charge is 0.0670 e. The van der Waals surface area contributed by atoms with E-state index < -0.39 is 0 Å². The summed E-state index contributed by atoms with van der Waals surface area (Å²) in [6.45, 7) is 9.05. The fourth-order valence-corrected chi connectivity index (χ4v) is 2.00. The topological polar surface area (TPSA) is 32.7 Å². The van der Waals surface area contributed by atoms with E-state index in [1.165, 1.54) is 0 Å². The first-order valence-electron chi connectivity index (χ1n) is 5.05. The van der Waals surface area contributed by atoms with E-state index in [1.54, 1.807) is 0 Å². The number of rotatable bonds is 2. The molecule has 3 nitrogen and oxygen atoms in total. The Morgan fingerprint density at radius 2 is 2.23 bits per heavy atom. The lowest BCUT2D eigenvalue weighted by Gasteiger charge is -2.40. The van der Waals surface area contributed by atoms with E-state index in [0.29, 0.717) is 12.6 Å². The number of hydrogen-bond donors (Lipinski definition) is 1. The van der Waals surface area contributed by atoms with Gasteiger partial charge in [0.25, 0.3) is 0 Å². The van der Waals surface area contributed by atoms with Crippen molar-refractivity contribution in [2.24, 2.45) is 0 Å². The maximum Gasteiger partial charge on any atom is 0.0670 e. The maximum absolute atomic E-state index is 9.37. The SMILES string of the molecule is CC(C)N1CCCOCC1(C)CO. The summed E-state index contributed by atoms with van der Waals surface area (Å²) in [5.74, 6) is 0. The monoisotopic (exact) mass is 187 g/mol. The van der Waals surface area contributed by atoms with E-state index in [1.807, 2.05) is 0 Å². The van der Waals surface area contributed by atoms with Gasteiger partial charge in [-0.05, 0) is 27.2 Å². The van der Waals surface area contributed by atoms with Gasteiger partial charge < -0.3 is 9.84 Å². The highest BCUT2D eigenvalue weighted by Crippen LogP contribution is 2.21. The van der Waals surface area contributed by atoms with Gasteiger partial charge >= 0.3 is 0 Å². The molecule has 0 aromatic carbocycles. The molecule has 78 valence electrons. The van der Waals surface area contributed by atoms with Crippen LogP contribution in [0.4, 0.5) is 0 Å². The van der Waals surface area contributed by atoms with Gasteiger partial charge in [0, 0.05) is 19.2 Å². The summed E-state index contributed by atoms with van der Waals surface area (Å²) in [7, 11) is 0. The molecule has 0 bridgehead atoms. The Balaban J connectivity index is 2.72. The van der Waals surface area contributed by atoms with Crippen molar-refractivity contribution in [2.45, 2.75) is 38.8 Å². The van der Waals surface area contributed by atoms with Gasteiger partial charge in [0.1, 0.15) is 0 Å². The van der Waals surface area contributed by atoms with Crippen LogP contribution in [0.25, 0.3) is 0 Å². The molecule has 3 heteroatoms. The number of aliphatic hydroxyl groups is 1. The van der Waals surface area contributed by atoms with Crippen molar-refractivity contribution in [2.75, 3.05) is 26.4 Å². The van der Waals surface area contributed by atoms with Crippen molar-refractivity contribution in [3.05, 3.63) is 0 Å². The van der Waals surface area contributed by atoms with Gasteiger partial charge in [-0.2, -0.15) is 0 Å². The van der Waals surface area contributed by atoms with Crippen LogP contribution in [0.5, 0.6) is 0 Å². The molecule has 0 saturated carbocycles. The van der Waals surface area contributed by atoms with Gasteiger partial charge in [-0.3, -0.25) is 4.90 Å². The first kappa shape index (κ1) is 11.0. The normalized spacial score (nSPS) is 32.1. The minimum Gasteiger partial charge on any atom is -0.394 e. The average molecular weight is 187 g/mol. The van der Waals surface area contributed by atoms with Crippen LogP contribution in [0.2, 0.25) is 0 Å². The highest BCUT2D eigenvalue weighted by Gasteiger charge is 2.34. The summed E-state index contributed by atoms with van der Waals surface area (Å²) < 4.78 is 5.48. The Morgan fingerprint density at radius 1 is 1.54 bits per heavy atom. The van der Waals surface area contributed by atoms with Crippen LogP contribution < -0.4 is 0 Å². The summed E-state index contributed by atoms with van der Waals surface area (Å²) in [5.41, 5.74) is -0.190. The van der Waals surface area contributed by atoms with E-state index in [9.17, 15) is 5.11 Å². The predicted molar refractivity (Wildman–Crippen MR) is 52.8 cm³/mol. The standard InChI is InChI=1S/C10H21NO2/c1-9(2)11-5-4-6-13-8-10(11,3)7-12/h9,12H,4-8H2,1-3H3. The van der Waals surface area contributed by atoms with Crippen LogP contribution in [-0.2, 0) is 4.74 Å². The lowest BCUT2D eigenvalue weighted by molar-refractivity contribution is -0.0165. The van der Waals surface area contributed by atoms with E-state index in [0.717, 1.165) is 19.6 Å². The summed E-state index contributed by atoms with van der Waals surface area (Å²) >= 11 is 0. The molecule has 0 aromatic heterocycles. The third-order valence-electron chi connectivity index (χ3n) is 2.76. The number of nitrogens with zero attached hydrogens (tertiary/aromatic N) is 1. The molecule has 1 N–H and O–H groups in total. The van der Waals surface area contributed by atoms with Crippen LogP contribution in [-0.4, -0.2) is 48.0 Å². The molecule has 0 amide bonds. The summed E-state index contributed by atoms with van der Waals surface area (Å²) in [5, 5.41) is 9.37. The van der Waals surface area contributed by atoms with Gasteiger partial charge in [-0.25, -0.2) is 0 Å². The zero-order valence-corrected chi connectivity index (χ0v) is 8.92. The van der Waals surface area contributed by atoms with Crippen LogP contribution >= 0.6 is 0 Å². The highest BCUT2D eigenvalue weighted by molar-refractivity contribution is 4.89. The molecule has 0 aliphatic carbocycles.